The molecule has 8 rings (SSSR count). The van der Waals surface area contributed by atoms with E-state index in [0.29, 0.717) is 39.4 Å². The van der Waals surface area contributed by atoms with Crippen LogP contribution in [0.4, 0.5) is 26.3 Å². The number of aliphatic carboxylic acids is 1. The number of benzene rings is 2. The second-order valence-electron chi connectivity index (χ2n) is 18.3. The van der Waals surface area contributed by atoms with E-state index in [0.717, 1.165) is 16.7 Å². The van der Waals surface area contributed by atoms with Crippen LogP contribution in [0.25, 0.3) is 56.1 Å². The monoisotopic (exact) mass is 1120 g/mol. The molecule has 79 heavy (non-hydrogen) atoms. The van der Waals surface area contributed by atoms with Crippen LogP contribution in [-0.4, -0.2) is 127 Å². The van der Waals surface area contributed by atoms with Gasteiger partial charge in [0.25, 0.3) is 11.8 Å². The summed E-state index contributed by atoms with van der Waals surface area (Å²) in [6.07, 6.45) is 4.21. The average molecular weight is 1130 g/mol. The minimum Gasteiger partial charge on any atom is -0.496 e. The number of aromatic nitrogens is 8. The van der Waals surface area contributed by atoms with Gasteiger partial charge >= 0.3 is 24.3 Å². The Morgan fingerprint density at radius 2 is 0.937 bits per heavy atom. The summed E-state index contributed by atoms with van der Waals surface area (Å²) in [5.74, 6) is -3.23. The SMILES string of the molecule is COc1cc(-c2cnc3cc(-c4cnn(C(C)C(=O)O)c4)ccn23)cc(OC)c1C(=O)NCC(F)(F)F.COc1cc(-c2cnc3cc(-c4cnn(C(C)C(=O)OC(C)(C)C)c4)ccn23)cc(OC)c1C(=O)NCC(F)(F)F.P. The van der Waals surface area contributed by atoms with Crippen molar-refractivity contribution in [1.82, 2.24) is 49.0 Å². The van der Waals surface area contributed by atoms with Crippen molar-refractivity contribution >= 4 is 44.9 Å². The number of ether oxygens (including phenoxy) is 5. The Morgan fingerprint density at radius 3 is 1.27 bits per heavy atom. The van der Waals surface area contributed by atoms with Crippen molar-refractivity contribution in [1.29, 1.82) is 0 Å². The number of carboxylic acids is 1. The van der Waals surface area contributed by atoms with E-state index in [1.807, 2.05) is 22.8 Å². The number of hydrogen-bond donors (Lipinski definition) is 3. The first-order valence-electron chi connectivity index (χ1n) is 23.4. The number of methoxy groups -OCH3 is 4. The fourth-order valence-corrected chi connectivity index (χ4v) is 7.86. The summed E-state index contributed by atoms with van der Waals surface area (Å²) in [6, 6.07) is 11.9. The fraction of sp³-hybridized carbons (Fsp3) is 0.308. The highest BCUT2D eigenvalue weighted by Crippen LogP contribution is 2.38. The van der Waals surface area contributed by atoms with E-state index in [-0.39, 0.29) is 44.0 Å². The van der Waals surface area contributed by atoms with E-state index >= 15 is 0 Å². The Balaban J connectivity index is 0.000000253. The van der Waals surface area contributed by atoms with Crippen LogP contribution in [0, 0.1) is 0 Å². The predicted octanol–water partition coefficient (Wildman–Crippen LogP) is 8.95. The minimum absolute atomic E-state index is 0. The average Bonchev–Trinajstić information content (AvgIpc) is 4.47. The topological polar surface area (TPSA) is 229 Å². The maximum Gasteiger partial charge on any atom is 0.405 e. The highest BCUT2D eigenvalue weighted by Gasteiger charge is 2.32. The predicted molar refractivity (Wildman–Crippen MR) is 281 cm³/mol. The molecule has 8 aromatic rings. The summed E-state index contributed by atoms with van der Waals surface area (Å²) in [5, 5.41) is 21.3. The normalized spacial score (nSPS) is 12.4. The number of rotatable bonds is 16. The van der Waals surface area contributed by atoms with E-state index in [2.05, 4.69) is 20.2 Å². The van der Waals surface area contributed by atoms with Crippen LogP contribution in [0.5, 0.6) is 23.0 Å². The number of esters is 1. The van der Waals surface area contributed by atoms with Gasteiger partial charge in [-0.05, 0) is 94.3 Å². The third kappa shape index (κ3) is 13.9. The van der Waals surface area contributed by atoms with Crippen LogP contribution in [0.1, 0.15) is 67.4 Å². The van der Waals surface area contributed by atoms with E-state index < -0.39 is 66.9 Å². The van der Waals surface area contributed by atoms with Gasteiger partial charge in [-0.2, -0.15) is 46.4 Å². The Labute approximate surface area is 450 Å². The molecule has 20 nitrogen and oxygen atoms in total. The second-order valence-corrected chi connectivity index (χ2v) is 18.3. The number of nitrogens with one attached hydrogen (secondary N) is 2. The molecule has 0 bridgehead atoms. The van der Waals surface area contributed by atoms with Gasteiger partial charge in [0.2, 0.25) is 0 Å². The van der Waals surface area contributed by atoms with Gasteiger partial charge in [0.05, 0.1) is 64.6 Å². The molecule has 0 radical (unpaired) electrons. The van der Waals surface area contributed by atoms with Crippen molar-refractivity contribution in [3.8, 4) is 67.8 Å². The Kier molecular flexibility index (Phi) is 18.0. The largest absolute Gasteiger partial charge is 0.496 e. The van der Waals surface area contributed by atoms with Crippen LogP contribution in [-0.2, 0) is 14.3 Å². The first-order chi connectivity index (χ1) is 36.7. The molecule has 3 N–H and O–H groups in total. The molecule has 0 fully saturated rings. The number of carbonyl (C=O) groups excluding carboxylic acids is 3. The van der Waals surface area contributed by atoms with Crippen LogP contribution < -0.4 is 29.6 Å². The third-order valence-electron chi connectivity index (χ3n) is 11.8. The van der Waals surface area contributed by atoms with Gasteiger partial charge in [-0.3, -0.25) is 27.8 Å². The minimum atomic E-state index is -4.57. The standard InChI is InChI=1S/C28H30F3N5O5.C24H22F3N5O5.H3P/c1-16(26(38)41-27(2,3)4)36-14-19(12-34-36)17-7-8-35-20(13-32-23(35)11-17)18-9-21(39-5)24(22(10-18)40-6)25(37)33-15-28(29,30)31;1-13(23(34)35)32-11-16(9-30-32)14-4-5-31-17(10-28-20(31)8-14)15-6-18(36-2)21(19(7-15)37-3)22(33)29-12-24(25,26)27;/h7-14,16H,15H2,1-6H3,(H,33,37);4-11,13H,12H2,1-3H3,(H,29,33)(H,34,35);1H3. The lowest BCUT2D eigenvalue weighted by Gasteiger charge is -2.22. The van der Waals surface area contributed by atoms with Crippen molar-refractivity contribution in [3.05, 3.63) is 109 Å². The number of pyridine rings is 2. The Bertz CT molecular complexity index is 3480. The van der Waals surface area contributed by atoms with E-state index in [9.17, 15) is 50.6 Å². The van der Waals surface area contributed by atoms with Gasteiger partial charge in [-0.25, -0.2) is 19.6 Å². The lowest BCUT2D eigenvalue weighted by molar-refractivity contribution is -0.158. The summed E-state index contributed by atoms with van der Waals surface area (Å²) in [4.78, 5) is 57.6. The molecule has 0 aliphatic carbocycles. The molecule has 2 amide bonds. The van der Waals surface area contributed by atoms with Gasteiger partial charge in [0, 0.05) is 47.0 Å². The number of carbonyl (C=O) groups is 4. The first kappa shape index (κ1) is 59.6. The lowest BCUT2D eigenvalue weighted by Crippen LogP contribution is -2.34. The molecular weight excluding hydrogens is 1070 g/mol. The molecule has 420 valence electrons. The highest BCUT2D eigenvalue weighted by atomic mass is 31.0. The Morgan fingerprint density at radius 1 is 0.570 bits per heavy atom. The molecule has 0 saturated heterocycles. The van der Waals surface area contributed by atoms with Crippen LogP contribution in [0.3, 0.4) is 0 Å². The zero-order valence-electron chi connectivity index (χ0n) is 44.0. The molecule has 0 aliphatic heterocycles. The molecule has 6 heterocycles. The zero-order valence-corrected chi connectivity index (χ0v) is 45.4. The number of nitrogens with zero attached hydrogens (tertiary/aromatic N) is 8. The van der Waals surface area contributed by atoms with Gasteiger partial charge in [-0.1, -0.05) is 0 Å². The number of imidazole rings is 2. The van der Waals surface area contributed by atoms with Crippen molar-refractivity contribution in [2.75, 3.05) is 41.5 Å². The summed E-state index contributed by atoms with van der Waals surface area (Å²) in [5.41, 5.74) is 5.61. The summed E-state index contributed by atoms with van der Waals surface area (Å²) in [7, 11) is 5.21. The maximum absolute atomic E-state index is 12.6. The molecule has 27 heteroatoms. The summed E-state index contributed by atoms with van der Waals surface area (Å²) < 4.78 is 109. The fourth-order valence-electron chi connectivity index (χ4n) is 7.86. The molecule has 3 unspecified atom stereocenters. The van der Waals surface area contributed by atoms with E-state index in [1.165, 1.54) is 69.0 Å². The van der Waals surface area contributed by atoms with Gasteiger partial charge in [0.15, 0.2) is 0 Å². The van der Waals surface area contributed by atoms with Crippen LogP contribution in [0.2, 0.25) is 0 Å². The molecular formula is C52H55F6N10O10P. The van der Waals surface area contributed by atoms with Gasteiger partial charge < -0.3 is 39.4 Å². The lowest BCUT2D eigenvalue weighted by atomic mass is 10.1. The van der Waals surface area contributed by atoms with Crippen molar-refractivity contribution in [2.24, 2.45) is 0 Å². The number of fused-ring (bicyclic) bond motifs is 2. The Hall–Kier alpha value is -8.67. The summed E-state index contributed by atoms with van der Waals surface area (Å²) >= 11 is 0. The van der Waals surface area contributed by atoms with Crippen molar-refractivity contribution < 1.29 is 74.3 Å². The highest BCUT2D eigenvalue weighted by molar-refractivity contribution is 6.92. The quantitative estimate of drug-likeness (QED) is 0.0466. The maximum atomic E-state index is 12.6. The number of amides is 2. The molecule has 3 atom stereocenters. The van der Waals surface area contributed by atoms with Crippen molar-refractivity contribution in [3.63, 3.8) is 0 Å². The van der Waals surface area contributed by atoms with E-state index in [1.54, 1.807) is 98.2 Å². The third-order valence-corrected chi connectivity index (χ3v) is 11.8. The first-order valence-corrected chi connectivity index (χ1v) is 23.4. The number of halogens is 6. The molecule has 2 aromatic carbocycles. The number of hydrogen-bond acceptors (Lipinski definition) is 13. The zero-order chi connectivity index (χ0) is 57.0. The van der Waals surface area contributed by atoms with Crippen molar-refractivity contribution in [2.45, 2.75) is 64.7 Å². The smallest absolute Gasteiger partial charge is 0.405 e. The molecule has 0 aliphatic rings. The molecule has 0 saturated carbocycles. The summed E-state index contributed by atoms with van der Waals surface area (Å²) in [6.45, 7) is 5.65. The van der Waals surface area contributed by atoms with Gasteiger partial charge in [0.1, 0.15) is 76.2 Å². The number of carboxylic acid groups (broad SMARTS) is 1. The molecule has 6 aromatic heterocycles. The second kappa shape index (κ2) is 23.9. The number of alkyl halides is 6. The van der Waals surface area contributed by atoms with E-state index in [4.69, 9.17) is 23.7 Å². The van der Waals surface area contributed by atoms with Crippen LogP contribution >= 0.6 is 9.90 Å². The molecule has 0 spiro atoms. The van der Waals surface area contributed by atoms with Crippen LogP contribution in [0.15, 0.2) is 98.1 Å². The van der Waals surface area contributed by atoms with Gasteiger partial charge in [-0.15, -0.1) is 0 Å².